The van der Waals surface area contributed by atoms with E-state index in [2.05, 4.69) is 5.32 Å². The number of aliphatic carboxylic acids is 1. The molecule has 18 heavy (non-hydrogen) atoms. The summed E-state index contributed by atoms with van der Waals surface area (Å²) in [6.07, 6.45) is 0.441. The number of carboxylic acids is 1. The van der Waals surface area contributed by atoms with Gasteiger partial charge in [-0.25, -0.2) is 0 Å². The van der Waals surface area contributed by atoms with Gasteiger partial charge in [0, 0.05) is 23.0 Å². The maximum Gasteiger partial charge on any atom is 0.303 e. The fraction of sp³-hybridized carbons (Fsp3) is 0.385. The zero-order valence-electron chi connectivity index (χ0n) is 10.4. The molecule has 5 heteroatoms. The number of benzene rings is 1. The smallest absolute Gasteiger partial charge is 0.303 e. The lowest BCUT2D eigenvalue weighted by atomic mass is 10.1. The third-order valence-electron chi connectivity index (χ3n) is 2.68. The van der Waals surface area contributed by atoms with Crippen molar-refractivity contribution < 1.29 is 14.7 Å². The zero-order valence-corrected chi connectivity index (χ0v) is 11.1. The highest BCUT2D eigenvalue weighted by Crippen LogP contribution is 2.18. The van der Waals surface area contributed by atoms with E-state index in [0.29, 0.717) is 17.0 Å². The third kappa shape index (κ3) is 4.04. The van der Waals surface area contributed by atoms with Gasteiger partial charge in [0.05, 0.1) is 0 Å². The number of amides is 1. The number of carbonyl (C=O) groups excluding carboxylic acids is 1. The van der Waals surface area contributed by atoms with Gasteiger partial charge in [-0.2, -0.15) is 0 Å². The van der Waals surface area contributed by atoms with Crippen LogP contribution in [-0.4, -0.2) is 23.0 Å². The molecule has 1 aromatic rings. The van der Waals surface area contributed by atoms with Crippen LogP contribution in [-0.2, 0) is 4.79 Å². The van der Waals surface area contributed by atoms with Crippen LogP contribution >= 0.6 is 11.6 Å². The highest BCUT2D eigenvalue weighted by molar-refractivity contribution is 6.31. The minimum Gasteiger partial charge on any atom is -0.481 e. The minimum atomic E-state index is -0.866. The molecule has 2 N–H and O–H groups in total. The van der Waals surface area contributed by atoms with Crippen molar-refractivity contribution in [2.24, 2.45) is 0 Å². The van der Waals surface area contributed by atoms with Gasteiger partial charge in [-0.05, 0) is 38.0 Å². The Hall–Kier alpha value is -1.55. The number of carbonyl (C=O) groups is 2. The second-order valence-corrected chi connectivity index (χ2v) is 4.63. The summed E-state index contributed by atoms with van der Waals surface area (Å²) in [6.45, 7) is 3.56. The highest BCUT2D eigenvalue weighted by Gasteiger charge is 2.14. The summed E-state index contributed by atoms with van der Waals surface area (Å²) in [5.41, 5.74) is 1.24. The summed E-state index contributed by atoms with van der Waals surface area (Å²) in [6, 6.07) is 4.95. The maximum atomic E-state index is 12.0. The Kier molecular flexibility index (Phi) is 5.16. The number of hydrogen-bond donors (Lipinski definition) is 2. The summed E-state index contributed by atoms with van der Waals surface area (Å²) in [7, 11) is 0. The van der Waals surface area contributed by atoms with E-state index in [9.17, 15) is 9.59 Å². The van der Waals surface area contributed by atoms with Gasteiger partial charge in [0.15, 0.2) is 0 Å². The molecule has 1 atom stereocenters. The van der Waals surface area contributed by atoms with E-state index in [1.165, 1.54) is 0 Å². The Morgan fingerprint density at radius 3 is 2.72 bits per heavy atom. The van der Waals surface area contributed by atoms with Gasteiger partial charge < -0.3 is 10.4 Å². The Morgan fingerprint density at radius 2 is 2.11 bits per heavy atom. The van der Waals surface area contributed by atoms with Crippen LogP contribution in [0.1, 0.15) is 35.7 Å². The highest BCUT2D eigenvalue weighted by atomic mass is 35.5. The van der Waals surface area contributed by atoms with Crippen molar-refractivity contribution in [2.45, 2.75) is 32.7 Å². The molecule has 4 nitrogen and oxygen atoms in total. The van der Waals surface area contributed by atoms with Gasteiger partial charge >= 0.3 is 5.97 Å². The largest absolute Gasteiger partial charge is 0.481 e. The lowest BCUT2D eigenvalue weighted by molar-refractivity contribution is -0.137. The molecule has 0 saturated heterocycles. The average molecular weight is 270 g/mol. The Balaban J connectivity index is 2.65. The average Bonchev–Trinajstić information content (AvgIpc) is 2.30. The van der Waals surface area contributed by atoms with Gasteiger partial charge in [-0.15, -0.1) is 0 Å². The second-order valence-electron chi connectivity index (χ2n) is 4.22. The molecule has 0 aromatic heterocycles. The van der Waals surface area contributed by atoms with Crippen LogP contribution in [0.15, 0.2) is 18.2 Å². The van der Waals surface area contributed by atoms with Crippen LogP contribution in [0.5, 0.6) is 0 Å². The van der Waals surface area contributed by atoms with Gasteiger partial charge in [-0.3, -0.25) is 9.59 Å². The molecule has 98 valence electrons. The molecule has 0 aliphatic carbocycles. The number of rotatable bonds is 5. The number of carboxylic acid groups (broad SMARTS) is 1. The van der Waals surface area contributed by atoms with E-state index >= 15 is 0 Å². The first-order valence-electron chi connectivity index (χ1n) is 5.69. The molecular weight excluding hydrogens is 254 g/mol. The summed E-state index contributed by atoms with van der Waals surface area (Å²) < 4.78 is 0. The van der Waals surface area contributed by atoms with E-state index in [-0.39, 0.29) is 18.4 Å². The molecule has 1 unspecified atom stereocenters. The molecule has 1 rings (SSSR count). The number of halogens is 1. The monoisotopic (exact) mass is 269 g/mol. The van der Waals surface area contributed by atoms with Crippen LogP contribution in [0, 0.1) is 6.92 Å². The van der Waals surface area contributed by atoms with Crippen molar-refractivity contribution in [3.05, 3.63) is 34.3 Å². The van der Waals surface area contributed by atoms with Crippen LogP contribution in [0.2, 0.25) is 5.02 Å². The van der Waals surface area contributed by atoms with E-state index in [1.54, 1.807) is 32.0 Å². The van der Waals surface area contributed by atoms with Crippen LogP contribution in [0.25, 0.3) is 0 Å². The predicted octanol–water partition coefficient (Wildman–Crippen LogP) is 2.63. The third-order valence-corrected chi connectivity index (χ3v) is 3.09. The standard InChI is InChI=1S/C13H16ClNO3/c1-8(6-7-12(16)17)15-13(18)10-4-3-5-11(14)9(10)2/h3-5,8H,6-7H2,1-2H3,(H,15,18)(H,16,17). The second kappa shape index (κ2) is 6.40. The summed E-state index contributed by atoms with van der Waals surface area (Å²) >= 11 is 5.94. The Bertz CT molecular complexity index is 460. The van der Waals surface area contributed by atoms with Gasteiger partial charge in [0.25, 0.3) is 5.91 Å². The van der Waals surface area contributed by atoms with Crippen molar-refractivity contribution in [1.29, 1.82) is 0 Å². The van der Waals surface area contributed by atoms with Crippen LogP contribution in [0.4, 0.5) is 0 Å². The van der Waals surface area contributed by atoms with Gasteiger partial charge in [0.1, 0.15) is 0 Å². The van der Waals surface area contributed by atoms with Crippen molar-refractivity contribution >= 4 is 23.5 Å². The zero-order chi connectivity index (χ0) is 13.7. The van der Waals surface area contributed by atoms with E-state index < -0.39 is 5.97 Å². The molecule has 0 aliphatic rings. The number of hydrogen-bond acceptors (Lipinski definition) is 2. The molecule has 0 bridgehead atoms. The predicted molar refractivity (Wildman–Crippen MR) is 70.0 cm³/mol. The Morgan fingerprint density at radius 1 is 1.44 bits per heavy atom. The molecule has 0 aliphatic heterocycles. The molecule has 0 spiro atoms. The van der Waals surface area contributed by atoms with Crippen molar-refractivity contribution in [3.8, 4) is 0 Å². The topological polar surface area (TPSA) is 66.4 Å². The van der Waals surface area contributed by atoms with Gasteiger partial charge in [0.2, 0.25) is 0 Å². The lowest BCUT2D eigenvalue weighted by Crippen LogP contribution is -2.33. The quantitative estimate of drug-likeness (QED) is 0.863. The molecular formula is C13H16ClNO3. The lowest BCUT2D eigenvalue weighted by Gasteiger charge is -2.14. The van der Waals surface area contributed by atoms with Crippen molar-refractivity contribution in [3.63, 3.8) is 0 Å². The van der Waals surface area contributed by atoms with Crippen LogP contribution in [0.3, 0.4) is 0 Å². The first kappa shape index (κ1) is 14.5. The molecule has 0 radical (unpaired) electrons. The van der Waals surface area contributed by atoms with E-state index in [1.807, 2.05) is 0 Å². The summed E-state index contributed by atoms with van der Waals surface area (Å²) in [4.78, 5) is 22.4. The summed E-state index contributed by atoms with van der Waals surface area (Å²) in [5, 5.41) is 11.9. The normalized spacial score (nSPS) is 11.9. The molecule has 0 heterocycles. The molecule has 0 fully saturated rings. The molecule has 1 aromatic carbocycles. The van der Waals surface area contributed by atoms with Crippen molar-refractivity contribution in [2.75, 3.05) is 0 Å². The fourth-order valence-corrected chi connectivity index (χ4v) is 1.74. The summed E-state index contributed by atoms with van der Waals surface area (Å²) in [5.74, 6) is -1.09. The number of nitrogens with one attached hydrogen (secondary N) is 1. The molecule has 1 amide bonds. The first-order chi connectivity index (χ1) is 8.41. The van der Waals surface area contributed by atoms with E-state index in [4.69, 9.17) is 16.7 Å². The van der Waals surface area contributed by atoms with Crippen LogP contribution < -0.4 is 5.32 Å². The minimum absolute atomic E-state index is 0.0377. The van der Waals surface area contributed by atoms with Crippen molar-refractivity contribution in [1.82, 2.24) is 5.32 Å². The fourth-order valence-electron chi connectivity index (χ4n) is 1.57. The van der Waals surface area contributed by atoms with Gasteiger partial charge in [-0.1, -0.05) is 17.7 Å². The first-order valence-corrected chi connectivity index (χ1v) is 6.07. The maximum absolute atomic E-state index is 12.0. The molecule has 0 saturated carbocycles. The SMILES string of the molecule is Cc1c(Cl)cccc1C(=O)NC(C)CCC(=O)O. The van der Waals surface area contributed by atoms with E-state index in [0.717, 1.165) is 5.56 Å². The Labute approximate surface area is 111 Å².